The minimum absolute atomic E-state index is 0.0177. The summed E-state index contributed by atoms with van der Waals surface area (Å²) in [4.78, 5) is 0. The molecule has 0 aromatic heterocycles. The maximum Gasteiger partial charge on any atom is 0.157 e. The van der Waals surface area contributed by atoms with Gasteiger partial charge in [-0.15, -0.1) is 0 Å². The van der Waals surface area contributed by atoms with Crippen LogP contribution in [-0.4, -0.2) is 19.5 Å². The fourth-order valence-electron chi connectivity index (χ4n) is 6.07. The van der Waals surface area contributed by atoms with Crippen LogP contribution < -0.4 is 0 Å². The molecule has 0 fully saturated rings. The Bertz CT molecular complexity index is 530. The molecule has 2 unspecified atom stereocenters. The third-order valence-corrected chi connectivity index (χ3v) is 9.61. The molecule has 0 amide bonds. The molecule has 2 atom stereocenters. The number of allylic oxidation sites excluding steroid dienone is 2. The molecule has 2 heteroatoms. The van der Waals surface area contributed by atoms with Gasteiger partial charge in [0.2, 0.25) is 0 Å². The first-order valence-electron chi connectivity index (χ1n) is 20.6. The van der Waals surface area contributed by atoms with E-state index in [-0.39, 0.29) is 6.29 Å². The Morgan fingerprint density at radius 2 is 0.750 bits per heavy atom. The smallest absolute Gasteiger partial charge is 0.157 e. The van der Waals surface area contributed by atoms with E-state index in [0.717, 1.165) is 32.0 Å². The van der Waals surface area contributed by atoms with Crippen molar-refractivity contribution in [1.29, 1.82) is 0 Å². The normalized spacial score (nSPS) is 13.3. The summed E-state index contributed by atoms with van der Waals surface area (Å²) in [7, 11) is 0. The first-order chi connectivity index (χ1) is 21.7. The summed E-state index contributed by atoms with van der Waals surface area (Å²) in [5.41, 5.74) is 0. The SMILES string of the molecule is CCCCCCCC/C=C\CCCCCCCCCC(OCCCCCCCCCCCCCCCC)OCCC(C)CC. The van der Waals surface area contributed by atoms with E-state index in [4.69, 9.17) is 9.47 Å². The molecular formula is C42H84O2. The zero-order valence-corrected chi connectivity index (χ0v) is 31.2. The van der Waals surface area contributed by atoms with E-state index in [0.29, 0.717) is 0 Å². The van der Waals surface area contributed by atoms with Gasteiger partial charge in [0.1, 0.15) is 0 Å². The topological polar surface area (TPSA) is 18.5 Å². The van der Waals surface area contributed by atoms with E-state index in [1.165, 1.54) is 193 Å². The Hall–Kier alpha value is -0.340. The van der Waals surface area contributed by atoms with Crippen molar-refractivity contribution < 1.29 is 9.47 Å². The predicted molar refractivity (Wildman–Crippen MR) is 199 cm³/mol. The molecule has 0 bridgehead atoms. The molecule has 0 N–H and O–H groups in total. The molecule has 0 aromatic rings. The highest BCUT2D eigenvalue weighted by atomic mass is 16.7. The van der Waals surface area contributed by atoms with Crippen LogP contribution in [0.2, 0.25) is 0 Å². The average Bonchev–Trinajstić information content (AvgIpc) is 3.03. The second-order valence-electron chi connectivity index (χ2n) is 14.1. The predicted octanol–water partition coefficient (Wildman–Crippen LogP) is 15.1. The molecule has 0 rings (SSSR count). The summed E-state index contributed by atoms with van der Waals surface area (Å²) in [6, 6.07) is 0. The third kappa shape index (κ3) is 36.1. The monoisotopic (exact) mass is 621 g/mol. The first-order valence-corrected chi connectivity index (χ1v) is 20.6. The zero-order chi connectivity index (χ0) is 32.0. The molecule has 44 heavy (non-hydrogen) atoms. The van der Waals surface area contributed by atoms with Crippen molar-refractivity contribution in [2.24, 2.45) is 5.92 Å². The fraction of sp³-hybridized carbons (Fsp3) is 0.952. The Kier molecular flexibility index (Phi) is 38.5. The van der Waals surface area contributed by atoms with Crippen LogP contribution in [-0.2, 0) is 9.47 Å². The van der Waals surface area contributed by atoms with E-state index in [9.17, 15) is 0 Å². The number of hydrogen-bond donors (Lipinski definition) is 0. The molecule has 0 aromatic carbocycles. The average molecular weight is 621 g/mol. The van der Waals surface area contributed by atoms with Crippen molar-refractivity contribution in [1.82, 2.24) is 0 Å². The van der Waals surface area contributed by atoms with Gasteiger partial charge in [0.15, 0.2) is 6.29 Å². The summed E-state index contributed by atoms with van der Waals surface area (Å²) in [5.74, 6) is 0.747. The van der Waals surface area contributed by atoms with Crippen LogP contribution in [0.15, 0.2) is 12.2 Å². The van der Waals surface area contributed by atoms with E-state index >= 15 is 0 Å². The van der Waals surface area contributed by atoms with Gasteiger partial charge < -0.3 is 9.47 Å². The van der Waals surface area contributed by atoms with Crippen molar-refractivity contribution in [2.75, 3.05) is 13.2 Å². The zero-order valence-electron chi connectivity index (χ0n) is 31.2. The molecule has 0 radical (unpaired) electrons. The van der Waals surface area contributed by atoms with Crippen molar-refractivity contribution in [2.45, 2.75) is 239 Å². The number of rotatable bonds is 38. The summed E-state index contributed by atoms with van der Waals surface area (Å²) in [6.07, 6.45) is 48.5. The van der Waals surface area contributed by atoms with Gasteiger partial charge in [0, 0.05) is 13.2 Å². The van der Waals surface area contributed by atoms with Crippen LogP contribution in [0.4, 0.5) is 0 Å². The molecular weight excluding hydrogens is 536 g/mol. The lowest BCUT2D eigenvalue weighted by molar-refractivity contribution is -0.149. The van der Waals surface area contributed by atoms with Gasteiger partial charge in [-0.05, 0) is 57.3 Å². The number of ether oxygens (including phenoxy) is 2. The Morgan fingerprint density at radius 1 is 0.386 bits per heavy atom. The van der Waals surface area contributed by atoms with Gasteiger partial charge in [-0.2, -0.15) is 0 Å². The van der Waals surface area contributed by atoms with Gasteiger partial charge in [-0.25, -0.2) is 0 Å². The highest BCUT2D eigenvalue weighted by Crippen LogP contribution is 2.17. The van der Waals surface area contributed by atoms with Crippen molar-refractivity contribution in [3.8, 4) is 0 Å². The van der Waals surface area contributed by atoms with Crippen LogP contribution in [0.1, 0.15) is 233 Å². The largest absolute Gasteiger partial charge is 0.353 e. The van der Waals surface area contributed by atoms with Crippen LogP contribution >= 0.6 is 0 Å². The lowest BCUT2D eigenvalue weighted by Gasteiger charge is -2.20. The van der Waals surface area contributed by atoms with Crippen LogP contribution in [0.25, 0.3) is 0 Å². The molecule has 2 nitrogen and oxygen atoms in total. The second-order valence-corrected chi connectivity index (χ2v) is 14.1. The van der Waals surface area contributed by atoms with Crippen molar-refractivity contribution >= 4 is 0 Å². The van der Waals surface area contributed by atoms with Crippen LogP contribution in [0.3, 0.4) is 0 Å². The van der Waals surface area contributed by atoms with Crippen molar-refractivity contribution in [3.05, 3.63) is 12.2 Å². The molecule has 0 aliphatic heterocycles. The maximum absolute atomic E-state index is 6.26. The standard InChI is InChI=1S/C42H84O2/c1-5-8-10-12-14-16-18-20-22-23-24-25-27-29-31-33-35-37-42(44-40-38-41(4)7-3)43-39-36-34-32-30-28-26-21-19-17-15-13-11-9-6-2/h20,22,41-42H,5-19,21,23-40H2,1-4H3/b22-20-. The van der Waals surface area contributed by atoms with Gasteiger partial charge in [0.05, 0.1) is 0 Å². The summed E-state index contributed by atoms with van der Waals surface area (Å²) in [6.45, 7) is 10.9. The molecule has 0 saturated heterocycles. The fourth-order valence-corrected chi connectivity index (χ4v) is 6.07. The second kappa shape index (κ2) is 38.8. The molecule has 0 aliphatic rings. The summed E-state index contributed by atoms with van der Waals surface area (Å²) < 4.78 is 12.5. The lowest BCUT2D eigenvalue weighted by atomic mass is 10.0. The van der Waals surface area contributed by atoms with Crippen LogP contribution in [0.5, 0.6) is 0 Å². The number of unbranched alkanes of at least 4 members (excludes halogenated alkanes) is 26. The van der Waals surface area contributed by atoms with Gasteiger partial charge in [0.25, 0.3) is 0 Å². The molecule has 0 heterocycles. The first kappa shape index (κ1) is 43.7. The highest BCUT2D eigenvalue weighted by molar-refractivity contribution is 4.81. The van der Waals surface area contributed by atoms with Crippen LogP contribution in [0, 0.1) is 5.92 Å². The Balaban J connectivity index is 3.73. The van der Waals surface area contributed by atoms with E-state index in [1.807, 2.05) is 0 Å². The Labute approximate surface area is 279 Å². The van der Waals surface area contributed by atoms with E-state index in [2.05, 4.69) is 39.8 Å². The number of hydrogen-bond acceptors (Lipinski definition) is 2. The third-order valence-electron chi connectivity index (χ3n) is 9.61. The van der Waals surface area contributed by atoms with E-state index < -0.39 is 0 Å². The van der Waals surface area contributed by atoms with E-state index in [1.54, 1.807) is 0 Å². The molecule has 0 spiro atoms. The Morgan fingerprint density at radius 3 is 1.18 bits per heavy atom. The van der Waals surface area contributed by atoms with Gasteiger partial charge in [-0.1, -0.05) is 194 Å². The minimum Gasteiger partial charge on any atom is -0.353 e. The summed E-state index contributed by atoms with van der Waals surface area (Å²) in [5, 5.41) is 0. The van der Waals surface area contributed by atoms with Gasteiger partial charge in [-0.3, -0.25) is 0 Å². The quantitative estimate of drug-likeness (QED) is 0.0388. The lowest BCUT2D eigenvalue weighted by Crippen LogP contribution is -2.19. The summed E-state index contributed by atoms with van der Waals surface area (Å²) >= 11 is 0. The highest BCUT2D eigenvalue weighted by Gasteiger charge is 2.10. The van der Waals surface area contributed by atoms with Crippen molar-refractivity contribution in [3.63, 3.8) is 0 Å². The maximum atomic E-state index is 6.26. The molecule has 264 valence electrons. The minimum atomic E-state index is 0.0177. The molecule has 0 saturated carbocycles. The molecule has 0 aliphatic carbocycles. The van der Waals surface area contributed by atoms with Gasteiger partial charge >= 0.3 is 0 Å².